The van der Waals surface area contributed by atoms with Gasteiger partial charge in [-0.3, -0.25) is 0 Å². The lowest BCUT2D eigenvalue weighted by molar-refractivity contribution is 0.215. The van der Waals surface area contributed by atoms with Crippen LogP contribution >= 0.6 is 0 Å². The van der Waals surface area contributed by atoms with Crippen molar-refractivity contribution in [2.45, 2.75) is 25.9 Å². The van der Waals surface area contributed by atoms with Crippen LogP contribution in [0, 0.1) is 0 Å². The van der Waals surface area contributed by atoms with Gasteiger partial charge in [0.1, 0.15) is 11.8 Å². The molecule has 1 aromatic carbocycles. The zero-order valence-electron chi connectivity index (χ0n) is 9.38. The predicted molar refractivity (Wildman–Crippen MR) is 61.0 cm³/mol. The quantitative estimate of drug-likeness (QED) is 0.826. The number of aromatic nitrogens is 3. The summed E-state index contributed by atoms with van der Waals surface area (Å²) >= 11 is 0. The van der Waals surface area contributed by atoms with E-state index in [2.05, 4.69) is 29.3 Å². The van der Waals surface area contributed by atoms with Crippen molar-refractivity contribution in [1.29, 1.82) is 0 Å². The summed E-state index contributed by atoms with van der Waals surface area (Å²) in [6.07, 6.45) is 0.820. The molecule has 4 heteroatoms. The number of rotatable bonds is 3. The van der Waals surface area contributed by atoms with E-state index in [1.54, 1.807) is 0 Å². The van der Waals surface area contributed by atoms with Crippen LogP contribution in [0.4, 0.5) is 0 Å². The number of H-pyrrole nitrogens is 1. The minimum atomic E-state index is -0.708. The Labute approximate surface area is 94.3 Å². The smallest absolute Gasteiger partial charge is 0.124 e. The molecule has 2 N–H and O–H groups in total. The van der Waals surface area contributed by atoms with Gasteiger partial charge in [-0.1, -0.05) is 38.1 Å². The molecule has 2 aromatic rings. The summed E-state index contributed by atoms with van der Waals surface area (Å²) in [6.45, 7) is 4.28. The summed E-state index contributed by atoms with van der Waals surface area (Å²) in [5, 5.41) is 20.0. The van der Waals surface area contributed by atoms with Crippen LogP contribution < -0.4 is 0 Å². The van der Waals surface area contributed by atoms with Crippen molar-refractivity contribution in [1.82, 2.24) is 15.4 Å². The van der Waals surface area contributed by atoms with Crippen molar-refractivity contribution in [3.05, 3.63) is 47.3 Å². The van der Waals surface area contributed by atoms with E-state index in [9.17, 15) is 5.11 Å². The molecule has 0 bridgehead atoms. The molecular weight excluding hydrogens is 202 g/mol. The van der Waals surface area contributed by atoms with Crippen LogP contribution in [0.15, 0.2) is 30.5 Å². The average molecular weight is 217 g/mol. The SMILES string of the molecule is CC(C)c1ccc(C(O)c2cn[nH]n2)cc1. The maximum absolute atomic E-state index is 9.99. The summed E-state index contributed by atoms with van der Waals surface area (Å²) in [6, 6.07) is 7.91. The van der Waals surface area contributed by atoms with Crippen LogP contribution in [0.1, 0.15) is 42.7 Å². The molecule has 4 nitrogen and oxygen atoms in total. The fourth-order valence-corrected chi connectivity index (χ4v) is 1.58. The highest BCUT2D eigenvalue weighted by Crippen LogP contribution is 2.21. The number of hydrogen-bond acceptors (Lipinski definition) is 3. The van der Waals surface area contributed by atoms with Crippen molar-refractivity contribution in [3.63, 3.8) is 0 Å². The van der Waals surface area contributed by atoms with Crippen LogP contribution in [0.25, 0.3) is 0 Å². The van der Waals surface area contributed by atoms with Crippen molar-refractivity contribution in [3.8, 4) is 0 Å². The minimum Gasteiger partial charge on any atom is -0.382 e. The van der Waals surface area contributed by atoms with Gasteiger partial charge in [0.25, 0.3) is 0 Å². The average Bonchev–Trinajstić information content (AvgIpc) is 2.81. The maximum atomic E-state index is 9.99. The first-order chi connectivity index (χ1) is 7.68. The fourth-order valence-electron chi connectivity index (χ4n) is 1.58. The maximum Gasteiger partial charge on any atom is 0.124 e. The Balaban J connectivity index is 2.22. The molecule has 1 atom stereocenters. The van der Waals surface area contributed by atoms with Gasteiger partial charge in [-0.2, -0.15) is 15.4 Å². The molecule has 0 aliphatic carbocycles. The molecule has 0 saturated heterocycles. The molecule has 1 aromatic heterocycles. The number of nitrogens with one attached hydrogen (secondary N) is 1. The second-order valence-corrected chi connectivity index (χ2v) is 4.12. The molecule has 0 radical (unpaired) electrons. The van der Waals surface area contributed by atoms with Gasteiger partial charge in [0.15, 0.2) is 0 Å². The van der Waals surface area contributed by atoms with Crippen LogP contribution in [0.2, 0.25) is 0 Å². The van der Waals surface area contributed by atoms with E-state index in [-0.39, 0.29) is 0 Å². The zero-order chi connectivity index (χ0) is 11.5. The number of nitrogens with zero attached hydrogens (tertiary/aromatic N) is 2. The van der Waals surface area contributed by atoms with E-state index in [0.29, 0.717) is 11.6 Å². The van der Waals surface area contributed by atoms with Crippen molar-refractivity contribution < 1.29 is 5.11 Å². The normalized spacial score (nSPS) is 13.0. The zero-order valence-corrected chi connectivity index (χ0v) is 9.38. The summed E-state index contributed by atoms with van der Waals surface area (Å²) in [4.78, 5) is 0. The molecule has 0 saturated carbocycles. The summed E-state index contributed by atoms with van der Waals surface area (Å²) in [5.74, 6) is 0.498. The number of benzene rings is 1. The lowest BCUT2D eigenvalue weighted by Crippen LogP contribution is -2.00. The Bertz CT molecular complexity index is 434. The molecule has 0 aliphatic heterocycles. The lowest BCUT2D eigenvalue weighted by atomic mass is 9.99. The first-order valence-corrected chi connectivity index (χ1v) is 5.32. The number of hydrogen-bond donors (Lipinski definition) is 2. The first kappa shape index (κ1) is 10.8. The summed E-state index contributed by atoms with van der Waals surface area (Å²) < 4.78 is 0. The highest BCUT2D eigenvalue weighted by Gasteiger charge is 2.12. The van der Waals surface area contributed by atoms with Gasteiger partial charge in [0.05, 0.1) is 6.20 Å². The standard InChI is InChI=1S/C12H15N3O/c1-8(2)9-3-5-10(6-4-9)12(16)11-7-13-15-14-11/h3-8,12,16H,1-2H3,(H,13,14,15). The minimum absolute atomic E-state index is 0.498. The first-order valence-electron chi connectivity index (χ1n) is 5.32. The van der Waals surface area contributed by atoms with E-state index in [0.717, 1.165) is 5.56 Å². The largest absolute Gasteiger partial charge is 0.382 e. The molecule has 0 fully saturated rings. The second-order valence-electron chi connectivity index (χ2n) is 4.12. The Hall–Kier alpha value is -1.68. The van der Waals surface area contributed by atoms with Crippen LogP contribution in [0.3, 0.4) is 0 Å². The Morgan fingerprint density at radius 2 is 1.75 bits per heavy atom. The molecule has 0 spiro atoms. The highest BCUT2D eigenvalue weighted by molar-refractivity contribution is 5.29. The van der Waals surface area contributed by atoms with E-state index in [4.69, 9.17) is 0 Å². The van der Waals surface area contributed by atoms with Gasteiger partial charge in [0, 0.05) is 0 Å². The van der Waals surface area contributed by atoms with Crippen molar-refractivity contribution in [2.24, 2.45) is 0 Å². The Kier molecular flexibility index (Phi) is 3.01. The third-order valence-electron chi connectivity index (χ3n) is 2.63. The van der Waals surface area contributed by atoms with Gasteiger partial charge in [-0.25, -0.2) is 0 Å². The van der Waals surface area contributed by atoms with Crippen LogP contribution in [-0.4, -0.2) is 20.5 Å². The van der Waals surface area contributed by atoms with E-state index in [1.165, 1.54) is 11.8 Å². The number of aromatic amines is 1. The molecule has 84 valence electrons. The second kappa shape index (κ2) is 4.45. The van der Waals surface area contributed by atoms with E-state index in [1.807, 2.05) is 24.3 Å². The molecule has 2 rings (SSSR count). The summed E-state index contributed by atoms with van der Waals surface area (Å²) in [7, 11) is 0. The monoisotopic (exact) mass is 217 g/mol. The molecule has 1 heterocycles. The third kappa shape index (κ3) is 2.12. The van der Waals surface area contributed by atoms with Gasteiger partial charge < -0.3 is 5.11 Å². The van der Waals surface area contributed by atoms with E-state index >= 15 is 0 Å². The lowest BCUT2D eigenvalue weighted by Gasteiger charge is -2.10. The topological polar surface area (TPSA) is 61.8 Å². The predicted octanol–water partition coefficient (Wildman–Crippen LogP) is 2.01. The Morgan fingerprint density at radius 1 is 1.12 bits per heavy atom. The van der Waals surface area contributed by atoms with Crippen molar-refractivity contribution >= 4 is 0 Å². The Morgan fingerprint density at radius 3 is 2.25 bits per heavy atom. The third-order valence-corrected chi connectivity index (χ3v) is 2.63. The van der Waals surface area contributed by atoms with E-state index < -0.39 is 6.10 Å². The molecule has 1 unspecified atom stereocenters. The van der Waals surface area contributed by atoms with Gasteiger partial charge in [0.2, 0.25) is 0 Å². The van der Waals surface area contributed by atoms with Gasteiger partial charge in [-0.05, 0) is 17.0 Å². The number of aliphatic hydroxyl groups is 1. The molecule has 16 heavy (non-hydrogen) atoms. The molecular formula is C12H15N3O. The van der Waals surface area contributed by atoms with Gasteiger partial charge in [-0.15, -0.1) is 0 Å². The molecule has 0 aliphatic rings. The molecule has 0 amide bonds. The van der Waals surface area contributed by atoms with Crippen molar-refractivity contribution in [2.75, 3.05) is 0 Å². The summed E-state index contributed by atoms with van der Waals surface area (Å²) in [5.41, 5.74) is 2.63. The fraction of sp³-hybridized carbons (Fsp3) is 0.333. The van der Waals surface area contributed by atoms with Gasteiger partial charge >= 0.3 is 0 Å². The van der Waals surface area contributed by atoms with Crippen LogP contribution in [-0.2, 0) is 0 Å². The highest BCUT2D eigenvalue weighted by atomic mass is 16.3. The number of aliphatic hydroxyl groups excluding tert-OH is 1. The van der Waals surface area contributed by atoms with Crippen LogP contribution in [0.5, 0.6) is 0 Å².